The highest BCUT2D eigenvalue weighted by atomic mass is 16.6. The van der Waals surface area contributed by atoms with Gasteiger partial charge in [0, 0.05) is 35.5 Å². The lowest BCUT2D eigenvalue weighted by molar-refractivity contribution is -0.647. The maximum Gasteiger partial charge on any atom is 0.312 e. The first-order valence-corrected chi connectivity index (χ1v) is 6.65. The molecule has 0 aromatic rings. The molecule has 4 aliphatic rings. The van der Waals surface area contributed by atoms with Crippen LogP contribution in [0.5, 0.6) is 0 Å². The van der Waals surface area contributed by atoms with E-state index in [9.17, 15) is 25.0 Å². The summed E-state index contributed by atoms with van der Waals surface area (Å²) in [5, 5.41) is 23.0. The van der Waals surface area contributed by atoms with Gasteiger partial charge < -0.3 is 4.74 Å². The van der Waals surface area contributed by atoms with Crippen molar-refractivity contribution in [2.45, 2.75) is 49.6 Å². The summed E-state index contributed by atoms with van der Waals surface area (Å²) >= 11 is 0. The van der Waals surface area contributed by atoms with Gasteiger partial charge in [0.15, 0.2) is 0 Å². The van der Waals surface area contributed by atoms with Gasteiger partial charge in [0.25, 0.3) is 0 Å². The second-order valence-corrected chi connectivity index (χ2v) is 6.74. The number of methoxy groups -OCH3 is 1. The van der Waals surface area contributed by atoms with E-state index >= 15 is 0 Å². The van der Waals surface area contributed by atoms with E-state index in [0.717, 1.165) is 0 Å². The van der Waals surface area contributed by atoms with E-state index in [1.54, 1.807) is 0 Å². The Balaban J connectivity index is 2.11. The van der Waals surface area contributed by atoms with Crippen LogP contribution in [-0.2, 0) is 9.53 Å². The summed E-state index contributed by atoms with van der Waals surface area (Å²) in [6, 6.07) is 0. The van der Waals surface area contributed by atoms with Gasteiger partial charge in [-0.3, -0.25) is 25.0 Å². The molecule has 0 radical (unpaired) electrons. The highest BCUT2D eigenvalue weighted by molar-refractivity contribution is 5.78. The molecule has 4 aliphatic carbocycles. The lowest BCUT2D eigenvalue weighted by Gasteiger charge is -2.57. The minimum absolute atomic E-state index is 0.0603. The Labute approximate surface area is 114 Å². The average molecular weight is 284 g/mol. The van der Waals surface area contributed by atoms with E-state index < -0.39 is 32.3 Å². The largest absolute Gasteiger partial charge is 0.469 e. The number of esters is 1. The molecule has 8 nitrogen and oxygen atoms in total. The number of hydrogen-bond acceptors (Lipinski definition) is 6. The van der Waals surface area contributed by atoms with Crippen molar-refractivity contribution >= 4 is 5.97 Å². The zero-order valence-corrected chi connectivity index (χ0v) is 11.2. The molecule has 0 aromatic heterocycles. The van der Waals surface area contributed by atoms with Crippen LogP contribution in [-0.4, -0.2) is 34.0 Å². The van der Waals surface area contributed by atoms with Crippen LogP contribution in [0.15, 0.2) is 0 Å². The first kappa shape index (κ1) is 13.3. The molecule has 0 spiro atoms. The fourth-order valence-corrected chi connectivity index (χ4v) is 5.19. The molecule has 0 heterocycles. The SMILES string of the molecule is COC(=O)C12CC3C[C@]([N+](=O)[O-])(C1)C[C@@]([N+](=O)[O-])(C3)C2. The molecule has 4 atom stereocenters. The molecule has 4 bridgehead atoms. The highest BCUT2D eigenvalue weighted by Gasteiger charge is 2.76. The number of carbonyl (C=O) groups excluding carboxylic acids is 1. The summed E-state index contributed by atoms with van der Waals surface area (Å²) in [4.78, 5) is 34.3. The van der Waals surface area contributed by atoms with Gasteiger partial charge in [0.05, 0.1) is 18.9 Å². The Hall–Kier alpha value is -1.73. The van der Waals surface area contributed by atoms with Crippen molar-refractivity contribution < 1.29 is 19.4 Å². The van der Waals surface area contributed by atoms with E-state index in [1.165, 1.54) is 7.11 Å². The van der Waals surface area contributed by atoms with Crippen molar-refractivity contribution in [1.29, 1.82) is 0 Å². The van der Waals surface area contributed by atoms with E-state index in [4.69, 9.17) is 4.74 Å². The summed E-state index contributed by atoms with van der Waals surface area (Å²) in [7, 11) is 1.23. The Morgan fingerprint density at radius 1 is 1.05 bits per heavy atom. The van der Waals surface area contributed by atoms with Crippen LogP contribution in [0.4, 0.5) is 0 Å². The number of nitrogens with zero attached hydrogens (tertiary/aromatic N) is 2. The predicted octanol–water partition coefficient (Wildman–Crippen LogP) is 1.17. The van der Waals surface area contributed by atoms with E-state index in [0.29, 0.717) is 19.3 Å². The molecule has 4 fully saturated rings. The molecule has 0 aliphatic heterocycles. The quantitative estimate of drug-likeness (QED) is 0.437. The van der Waals surface area contributed by atoms with Crippen LogP contribution >= 0.6 is 0 Å². The summed E-state index contributed by atoms with van der Waals surface area (Å²) in [5.74, 6) is -0.666. The third-order valence-corrected chi connectivity index (χ3v) is 5.40. The molecule has 0 amide bonds. The Morgan fingerprint density at radius 2 is 1.55 bits per heavy atom. The minimum Gasteiger partial charge on any atom is -0.469 e. The maximum absolute atomic E-state index is 12.1. The third kappa shape index (κ3) is 1.44. The van der Waals surface area contributed by atoms with Gasteiger partial charge in [-0.2, -0.15) is 0 Å². The third-order valence-electron chi connectivity index (χ3n) is 5.40. The Morgan fingerprint density at radius 3 is 1.95 bits per heavy atom. The lowest BCUT2D eigenvalue weighted by Crippen LogP contribution is -2.69. The molecule has 0 aromatic carbocycles. The predicted molar refractivity (Wildman–Crippen MR) is 65.1 cm³/mol. The first-order valence-electron chi connectivity index (χ1n) is 6.65. The summed E-state index contributed by atoms with van der Waals surface area (Å²) in [6.45, 7) is 0. The number of carbonyl (C=O) groups is 1. The summed E-state index contributed by atoms with van der Waals surface area (Å²) < 4.78 is 4.80. The molecule has 110 valence electrons. The van der Waals surface area contributed by atoms with Crippen molar-refractivity contribution in [1.82, 2.24) is 0 Å². The molecule has 4 saturated carbocycles. The highest BCUT2D eigenvalue weighted by Crippen LogP contribution is 2.65. The standard InChI is InChI=1S/C12H16N2O6/c1-20-9(15)10-2-8-3-11(5-10,13(16)17)7-12(4-8,6-10)14(18)19/h8H,2-7H2,1H3/t8?,10?,11-,12+. The van der Waals surface area contributed by atoms with Gasteiger partial charge in [0.2, 0.25) is 11.1 Å². The molecule has 0 N–H and O–H groups in total. The topological polar surface area (TPSA) is 113 Å². The van der Waals surface area contributed by atoms with Gasteiger partial charge in [-0.25, -0.2) is 0 Å². The van der Waals surface area contributed by atoms with Crippen molar-refractivity contribution in [3.05, 3.63) is 20.2 Å². The van der Waals surface area contributed by atoms with Gasteiger partial charge in [-0.1, -0.05) is 0 Å². The molecule has 0 saturated heterocycles. The first-order chi connectivity index (χ1) is 9.27. The zero-order valence-electron chi connectivity index (χ0n) is 11.2. The van der Waals surface area contributed by atoms with Gasteiger partial charge in [-0.15, -0.1) is 0 Å². The molecular formula is C12H16N2O6. The molecule has 20 heavy (non-hydrogen) atoms. The number of hydrogen-bond donors (Lipinski definition) is 0. The van der Waals surface area contributed by atoms with Crippen LogP contribution in [0, 0.1) is 31.6 Å². The van der Waals surface area contributed by atoms with Crippen molar-refractivity contribution in [2.24, 2.45) is 11.3 Å². The van der Waals surface area contributed by atoms with E-state index in [-0.39, 0.29) is 25.2 Å². The van der Waals surface area contributed by atoms with Gasteiger partial charge in [0.1, 0.15) is 0 Å². The Bertz CT molecular complexity index is 488. The van der Waals surface area contributed by atoms with Crippen molar-refractivity contribution in [3.8, 4) is 0 Å². The second-order valence-electron chi connectivity index (χ2n) is 6.74. The average Bonchev–Trinajstić information content (AvgIpc) is 2.36. The number of rotatable bonds is 3. The molecular weight excluding hydrogens is 268 g/mol. The van der Waals surface area contributed by atoms with Crippen LogP contribution in [0.25, 0.3) is 0 Å². The number of nitro groups is 2. The monoisotopic (exact) mass is 284 g/mol. The fraction of sp³-hybridized carbons (Fsp3) is 0.917. The van der Waals surface area contributed by atoms with E-state index in [2.05, 4.69) is 0 Å². The van der Waals surface area contributed by atoms with Crippen molar-refractivity contribution in [2.75, 3.05) is 7.11 Å². The zero-order chi connectivity index (χ0) is 14.8. The summed E-state index contributed by atoms with van der Waals surface area (Å²) in [5.41, 5.74) is -3.71. The van der Waals surface area contributed by atoms with Crippen molar-refractivity contribution in [3.63, 3.8) is 0 Å². The Kier molecular flexibility index (Phi) is 2.44. The molecule has 4 rings (SSSR count). The lowest BCUT2D eigenvalue weighted by atomic mass is 9.44. The van der Waals surface area contributed by atoms with Crippen LogP contribution in [0.2, 0.25) is 0 Å². The van der Waals surface area contributed by atoms with Crippen LogP contribution in [0.1, 0.15) is 38.5 Å². The normalized spacial score (nSPS) is 45.1. The molecule has 2 unspecified atom stereocenters. The second kappa shape index (κ2) is 3.67. The van der Waals surface area contributed by atoms with Crippen LogP contribution < -0.4 is 0 Å². The van der Waals surface area contributed by atoms with Gasteiger partial charge >= 0.3 is 5.97 Å². The smallest absolute Gasteiger partial charge is 0.312 e. The fourth-order valence-electron chi connectivity index (χ4n) is 5.19. The molecule has 8 heteroatoms. The number of ether oxygens (including phenoxy) is 1. The van der Waals surface area contributed by atoms with E-state index in [1.807, 2.05) is 0 Å². The summed E-state index contributed by atoms with van der Waals surface area (Å²) in [6.07, 6.45) is 1.25. The van der Waals surface area contributed by atoms with Gasteiger partial charge in [-0.05, 0) is 12.3 Å². The maximum atomic E-state index is 12.1. The van der Waals surface area contributed by atoms with Crippen LogP contribution in [0.3, 0.4) is 0 Å². The minimum atomic E-state index is -1.33.